The fraction of sp³-hybridized carbons (Fsp3) is 0.933. The zero-order valence-electron chi connectivity index (χ0n) is 11.6. The van der Waals surface area contributed by atoms with Crippen LogP contribution in [0.5, 0.6) is 0 Å². The van der Waals surface area contributed by atoms with Crippen molar-refractivity contribution < 1.29 is 9.69 Å². The van der Waals surface area contributed by atoms with Crippen molar-refractivity contribution in [2.45, 2.75) is 57.2 Å². The molecule has 0 spiro atoms. The van der Waals surface area contributed by atoms with Crippen LogP contribution in [0.4, 0.5) is 0 Å². The van der Waals surface area contributed by atoms with E-state index in [0.29, 0.717) is 17.1 Å². The molecule has 0 bridgehead atoms. The van der Waals surface area contributed by atoms with Crippen LogP contribution < -0.4 is 4.90 Å². The Balaban J connectivity index is 1.71. The molecule has 1 saturated heterocycles. The highest BCUT2D eigenvalue weighted by atomic mass is 35.5. The molecule has 0 aromatic carbocycles. The third kappa shape index (κ3) is 3.96. The number of rotatable bonds is 4. The number of nitrogens with one attached hydrogen (secondary N) is 1. The maximum Gasteiger partial charge on any atom is 0.189 e. The number of Topliss-reactive ketones (excluding diaryl/α,β-unsaturated/α-hetero) is 1. The van der Waals surface area contributed by atoms with Gasteiger partial charge in [0.1, 0.15) is 6.54 Å². The topological polar surface area (TPSA) is 21.5 Å². The zero-order valence-corrected chi connectivity index (χ0v) is 12.3. The van der Waals surface area contributed by atoms with Crippen LogP contribution in [-0.2, 0) is 4.79 Å². The molecule has 0 amide bonds. The van der Waals surface area contributed by atoms with Crippen LogP contribution in [0.1, 0.15) is 51.9 Å². The number of hydrogen-bond acceptors (Lipinski definition) is 1. The summed E-state index contributed by atoms with van der Waals surface area (Å²) in [5, 5.41) is 0.321. The van der Waals surface area contributed by atoms with Crippen LogP contribution in [0, 0.1) is 11.8 Å². The van der Waals surface area contributed by atoms with Gasteiger partial charge in [-0.15, -0.1) is 11.6 Å². The molecule has 0 radical (unpaired) electrons. The number of hydrogen-bond donors (Lipinski definition) is 1. The molecule has 0 unspecified atom stereocenters. The summed E-state index contributed by atoms with van der Waals surface area (Å²) in [6.45, 7) is 5.46. The molecule has 2 nitrogen and oxygen atoms in total. The fourth-order valence-electron chi connectivity index (χ4n) is 3.44. The van der Waals surface area contributed by atoms with Crippen molar-refractivity contribution >= 4 is 17.4 Å². The summed E-state index contributed by atoms with van der Waals surface area (Å²) in [5.74, 6) is 1.73. The van der Waals surface area contributed by atoms with Gasteiger partial charge in [0.25, 0.3) is 0 Å². The van der Waals surface area contributed by atoms with Gasteiger partial charge >= 0.3 is 0 Å². The highest BCUT2D eigenvalue weighted by molar-refractivity contribution is 6.20. The monoisotopic (exact) mass is 272 g/mol. The third-order valence-corrected chi connectivity index (χ3v) is 5.36. The number of piperidine rings is 1. The molecule has 104 valence electrons. The van der Waals surface area contributed by atoms with Crippen LogP contribution in [0.3, 0.4) is 0 Å². The molecule has 0 atom stereocenters. The molecule has 2 aliphatic rings. The van der Waals surface area contributed by atoms with Gasteiger partial charge < -0.3 is 4.90 Å². The average molecular weight is 273 g/mol. The SMILES string of the molecule is CCC1CC[NH+](CC(=O)C2CCC(Cl)CC2)CC1. The number of carbonyl (C=O) groups is 1. The van der Waals surface area contributed by atoms with Crippen molar-refractivity contribution in [3.8, 4) is 0 Å². The maximum atomic E-state index is 12.3. The van der Waals surface area contributed by atoms with Gasteiger partial charge in [-0.3, -0.25) is 4.79 Å². The summed E-state index contributed by atoms with van der Waals surface area (Å²) < 4.78 is 0. The van der Waals surface area contributed by atoms with Crippen LogP contribution in [0.2, 0.25) is 0 Å². The lowest BCUT2D eigenvalue weighted by molar-refractivity contribution is -0.898. The van der Waals surface area contributed by atoms with Crippen molar-refractivity contribution in [2.24, 2.45) is 11.8 Å². The van der Waals surface area contributed by atoms with Crippen LogP contribution >= 0.6 is 11.6 Å². The molecule has 0 aromatic heterocycles. The van der Waals surface area contributed by atoms with E-state index in [0.717, 1.165) is 38.1 Å². The summed E-state index contributed by atoms with van der Waals surface area (Å²) in [6.07, 6.45) is 8.05. The zero-order chi connectivity index (χ0) is 13.0. The smallest absolute Gasteiger partial charge is 0.189 e. The molecule has 3 heteroatoms. The summed E-state index contributed by atoms with van der Waals surface area (Å²) in [4.78, 5) is 13.8. The number of likely N-dealkylation sites (tertiary alicyclic amines) is 1. The first kappa shape index (κ1) is 14.3. The average Bonchev–Trinajstić information content (AvgIpc) is 2.40. The minimum absolute atomic E-state index is 0.316. The van der Waals surface area contributed by atoms with E-state index >= 15 is 0 Å². The summed E-state index contributed by atoms with van der Waals surface area (Å²) >= 11 is 6.09. The Morgan fingerprint density at radius 1 is 1.11 bits per heavy atom. The van der Waals surface area contributed by atoms with Crippen molar-refractivity contribution in [3.63, 3.8) is 0 Å². The maximum absolute atomic E-state index is 12.3. The van der Waals surface area contributed by atoms with E-state index in [1.165, 1.54) is 37.3 Å². The highest BCUT2D eigenvalue weighted by Crippen LogP contribution is 2.27. The van der Waals surface area contributed by atoms with Gasteiger partial charge in [-0.1, -0.05) is 13.3 Å². The van der Waals surface area contributed by atoms with E-state index in [-0.39, 0.29) is 0 Å². The Morgan fingerprint density at radius 2 is 1.72 bits per heavy atom. The molecule has 1 heterocycles. The minimum Gasteiger partial charge on any atom is -0.329 e. The van der Waals surface area contributed by atoms with Crippen LogP contribution in [0.15, 0.2) is 0 Å². The standard InChI is InChI=1S/C15H26ClNO/c1-2-12-7-9-17(10-8-12)11-15(18)13-3-5-14(16)6-4-13/h12-14H,2-11H2,1H3/p+1. The fourth-order valence-corrected chi connectivity index (χ4v) is 3.69. The Labute approximate surface area is 116 Å². The van der Waals surface area contributed by atoms with E-state index in [9.17, 15) is 4.79 Å². The molecule has 18 heavy (non-hydrogen) atoms. The molecule has 1 aliphatic carbocycles. The molecule has 2 fully saturated rings. The normalized spacial score (nSPS) is 37.4. The number of ketones is 1. The lowest BCUT2D eigenvalue weighted by atomic mass is 9.85. The first-order valence-electron chi connectivity index (χ1n) is 7.69. The second-order valence-electron chi connectivity index (χ2n) is 6.19. The molecule has 1 N–H and O–H groups in total. The Hall–Kier alpha value is -0.0800. The number of alkyl halides is 1. The molecule has 1 saturated carbocycles. The predicted octanol–water partition coefficient (Wildman–Crippen LogP) is 2.06. The molecule has 1 aliphatic heterocycles. The largest absolute Gasteiger partial charge is 0.329 e. The molecular weight excluding hydrogens is 246 g/mol. The van der Waals surface area contributed by atoms with Crippen molar-refractivity contribution in [3.05, 3.63) is 0 Å². The highest BCUT2D eigenvalue weighted by Gasteiger charge is 2.29. The van der Waals surface area contributed by atoms with Gasteiger partial charge in [-0.2, -0.15) is 0 Å². The van der Waals surface area contributed by atoms with Gasteiger partial charge in [0, 0.05) is 11.3 Å². The number of halogens is 1. The molecular formula is C15H27ClNO+. The Bertz CT molecular complexity index is 266. The quantitative estimate of drug-likeness (QED) is 0.778. The summed E-state index contributed by atoms with van der Waals surface area (Å²) in [7, 11) is 0. The van der Waals surface area contributed by atoms with Crippen molar-refractivity contribution in [1.29, 1.82) is 0 Å². The van der Waals surface area contributed by atoms with Gasteiger partial charge in [-0.05, 0) is 44.4 Å². The lowest BCUT2D eigenvalue weighted by Gasteiger charge is -2.30. The Morgan fingerprint density at radius 3 is 2.28 bits per heavy atom. The predicted molar refractivity (Wildman–Crippen MR) is 75.2 cm³/mol. The van der Waals surface area contributed by atoms with Gasteiger partial charge in [0.2, 0.25) is 0 Å². The van der Waals surface area contributed by atoms with Gasteiger partial charge in [0.15, 0.2) is 5.78 Å². The van der Waals surface area contributed by atoms with E-state index < -0.39 is 0 Å². The van der Waals surface area contributed by atoms with Crippen LogP contribution in [-0.4, -0.2) is 30.8 Å². The van der Waals surface area contributed by atoms with E-state index in [1.807, 2.05) is 0 Å². The van der Waals surface area contributed by atoms with E-state index in [2.05, 4.69) is 6.92 Å². The third-order valence-electron chi connectivity index (χ3n) is 4.93. The first-order valence-corrected chi connectivity index (χ1v) is 8.13. The number of carbonyl (C=O) groups excluding carboxylic acids is 1. The second kappa shape index (κ2) is 6.91. The molecule has 2 rings (SSSR count). The lowest BCUT2D eigenvalue weighted by Crippen LogP contribution is -3.14. The van der Waals surface area contributed by atoms with Crippen molar-refractivity contribution in [2.75, 3.05) is 19.6 Å². The summed E-state index contributed by atoms with van der Waals surface area (Å²) in [6, 6.07) is 0. The summed E-state index contributed by atoms with van der Waals surface area (Å²) in [5.41, 5.74) is 0. The first-order chi connectivity index (χ1) is 8.69. The van der Waals surface area contributed by atoms with E-state index in [1.54, 1.807) is 0 Å². The number of quaternary nitrogens is 1. The van der Waals surface area contributed by atoms with Crippen LogP contribution in [0.25, 0.3) is 0 Å². The van der Waals surface area contributed by atoms with Gasteiger partial charge in [-0.25, -0.2) is 0 Å². The minimum atomic E-state index is 0.316. The second-order valence-corrected chi connectivity index (χ2v) is 6.81. The van der Waals surface area contributed by atoms with Crippen molar-refractivity contribution in [1.82, 2.24) is 0 Å². The molecule has 0 aromatic rings. The Kier molecular flexibility index (Phi) is 5.50. The van der Waals surface area contributed by atoms with E-state index in [4.69, 9.17) is 11.6 Å². The van der Waals surface area contributed by atoms with Gasteiger partial charge in [0.05, 0.1) is 13.1 Å².